The average Bonchev–Trinajstić information content (AvgIpc) is 2.99. The smallest absolute Gasteiger partial charge is 0.261 e. The zero-order valence-corrected chi connectivity index (χ0v) is 17.2. The van der Waals surface area contributed by atoms with Crippen molar-refractivity contribution in [2.75, 3.05) is 13.1 Å². The molecule has 5 nitrogen and oxygen atoms in total. The standard InChI is InChI=1S/C22H25N3O2S/c1-15(20(26)25-11-7-3-4-8-12-25)28-22-23-19-14-17-10-6-5-9-16(17)13-18(19)21(27)24(22)2/h5-6,9-10,13-15H,3-4,7-8,11-12H2,1-2H3/t15-/m0/s1. The SMILES string of the molecule is C[C@H](Sc1nc2cc3ccccc3cc2c(=O)n1C)C(=O)N1CCCCCC1. The minimum Gasteiger partial charge on any atom is -0.342 e. The zero-order chi connectivity index (χ0) is 19.7. The Morgan fingerprint density at radius 3 is 2.39 bits per heavy atom. The average molecular weight is 396 g/mol. The fourth-order valence-electron chi connectivity index (χ4n) is 3.80. The zero-order valence-electron chi connectivity index (χ0n) is 16.4. The lowest BCUT2D eigenvalue weighted by molar-refractivity contribution is -0.130. The number of thioether (sulfide) groups is 1. The van der Waals surface area contributed by atoms with Gasteiger partial charge in [0.15, 0.2) is 5.16 Å². The highest BCUT2D eigenvalue weighted by molar-refractivity contribution is 8.00. The van der Waals surface area contributed by atoms with Gasteiger partial charge in [0.2, 0.25) is 5.91 Å². The number of benzene rings is 2. The lowest BCUT2D eigenvalue weighted by Gasteiger charge is -2.24. The van der Waals surface area contributed by atoms with E-state index in [9.17, 15) is 9.59 Å². The molecule has 0 unspecified atom stereocenters. The summed E-state index contributed by atoms with van der Waals surface area (Å²) in [5.41, 5.74) is 0.603. The summed E-state index contributed by atoms with van der Waals surface area (Å²) in [6.07, 6.45) is 4.53. The van der Waals surface area contributed by atoms with Gasteiger partial charge in [-0.1, -0.05) is 48.9 Å². The van der Waals surface area contributed by atoms with Crippen LogP contribution in [0.2, 0.25) is 0 Å². The van der Waals surface area contributed by atoms with Crippen LogP contribution in [0.1, 0.15) is 32.6 Å². The van der Waals surface area contributed by atoms with Crippen molar-refractivity contribution in [3.63, 3.8) is 0 Å². The van der Waals surface area contributed by atoms with Crippen molar-refractivity contribution < 1.29 is 4.79 Å². The van der Waals surface area contributed by atoms with Gasteiger partial charge in [0.05, 0.1) is 16.2 Å². The number of hydrogen-bond acceptors (Lipinski definition) is 4. The van der Waals surface area contributed by atoms with Gasteiger partial charge in [0.1, 0.15) is 0 Å². The van der Waals surface area contributed by atoms with Crippen molar-refractivity contribution in [2.24, 2.45) is 7.05 Å². The van der Waals surface area contributed by atoms with Crippen LogP contribution in [0.5, 0.6) is 0 Å². The molecule has 0 aliphatic carbocycles. The van der Waals surface area contributed by atoms with Crippen molar-refractivity contribution >= 4 is 39.3 Å². The first-order valence-corrected chi connectivity index (χ1v) is 10.8. The first kappa shape index (κ1) is 19.0. The molecule has 1 aromatic heterocycles. The van der Waals surface area contributed by atoms with Gasteiger partial charge in [0, 0.05) is 20.1 Å². The molecule has 0 radical (unpaired) electrons. The number of aromatic nitrogens is 2. The Bertz CT molecular complexity index is 1080. The van der Waals surface area contributed by atoms with E-state index >= 15 is 0 Å². The lowest BCUT2D eigenvalue weighted by Crippen LogP contribution is -2.37. The molecule has 1 fully saturated rings. The normalized spacial score (nSPS) is 16.3. The Morgan fingerprint density at radius 1 is 1.07 bits per heavy atom. The molecule has 1 atom stereocenters. The van der Waals surface area contributed by atoms with Gasteiger partial charge < -0.3 is 4.90 Å². The summed E-state index contributed by atoms with van der Waals surface area (Å²) in [6, 6.07) is 11.8. The van der Waals surface area contributed by atoms with Crippen molar-refractivity contribution in [2.45, 2.75) is 43.0 Å². The second-order valence-corrected chi connectivity index (χ2v) is 8.78. The molecule has 6 heteroatoms. The summed E-state index contributed by atoms with van der Waals surface area (Å²) in [7, 11) is 1.73. The van der Waals surface area contributed by atoms with Crippen LogP contribution in [0.15, 0.2) is 46.3 Å². The number of amides is 1. The molecule has 1 aliphatic rings. The van der Waals surface area contributed by atoms with E-state index in [-0.39, 0.29) is 16.7 Å². The van der Waals surface area contributed by atoms with Crippen LogP contribution in [-0.2, 0) is 11.8 Å². The van der Waals surface area contributed by atoms with E-state index in [0.717, 1.165) is 36.7 Å². The van der Waals surface area contributed by atoms with Gasteiger partial charge in [0.25, 0.3) is 5.56 Å². The molecule has 1 saturated heterocycles. The maximum Gasteiger partial charge on any atom is 0.261 e. The Labute approximate surface area is 168 Å². The van der Waals surface area contributed by atoms with Gasteiger partial charge >= 0.3 is 0 Å². The number of likely N-dealkylation sites (tertiary alicyclic amines) is 1. The molecule has 3 aromatic rings. The molecule has 2 aromatic carbocycles. The predicted octanol–water partition coefficient (Wildman–Crippen LogP) is 3.97. The monoisotopic (exact) mass is 395 g/mol. The Balaban J connectivity index is 1.66. The van der Waals surface area contributed by atoms with E-state index in [1.807, 2.05) is 48.2 Å². The lowest BCUT2D eigenvalue weighted by atomic mass is 10.1. The number of carbonyl (C=O) groups is 1. The first-order chi connectivity index (χ1) is 13.5. The Kier molecular flexibility index (Phi) is 5.40. The summed E-state index contributed by atoms with van der Waals surface area (Å²) in [5, 5.41) is 3.01. The van der Waals surface area contributed by atoms with E-state index in [1.165, 1.54) is 24.6 Å². The van der Waals surface area contributed by atoms with Gasteiger partial charge in [-0.15, -0.1) is 0 Å². The third kappa shape index (κ3) is 3.65. The fourth-order valence-corrected chi connectivity index (χ4v) is 4.76. The molecule has 28 heavy (non-hydrogen) atoms. The van der Waals surface area contributed by atoms with Crippen molar-refractivity contribution in [3.05, 3.63) is 46.8 Å². The number of fused-ring (bicyclic) bond motifs is 2. The second kappa shape index (κ2) is 7.95. The number of nitrogens with zero attached hydrogens (tertiary/aromatic N) is 3. The van der Waals surface area contributed by atoms with Crippen LogP contribution in [-0.4, -0.2) is 38.7 Å². The van der Waals surface area contributed by atoms with Crippen LogP contribution in [0.3, 0.4) is 0 Å². The Morgan fingerprint density at radius 2 is 1.71 bits per heavy atom. The molecular weight excluding hydrogens is 370 g/mol. The van der Waals surface area contributed by atoms with Crippen LogP contribution < -0.4 is 5.56 Å². The Hall–Kier alpha value is -2.34. The van der Waals surface area contributed by atoms with E-state index in [4.69, 9.17) is 4.98 Å². The van der Waals surface area contributed by atoms with E-state index < -0.39 is 0 Å². The molecular formula is C22H25N3O2S. The van der Waals surface area contributed by atoms with Crippen LogP contribution in [0.25, 0.3) is 21.7 Å². The highest BCUT2D eigenvalue weighted by atomic mass is 32.2. The molecule has 0 N–H and O–H groups in total. The highest BCUT2D eigenvalue weighted by Gasteiger charge is 2.24. The molecule has 0 bridgehead atoms. The maximum atomic E-state index is 12.9. The molecule has 0 saturated carbocycles. The molecule has 4 rings (SSSR count). The summed E-state index contributed by atoms with van der Waals surface area (Å²) < 4.78 is 1.56. The minimum atomic E-state index is -0.269. The predicted molar refractivity (Wildman–Crippen MR) is 115 cm³/mol. The van der Waals surface area contributed by atoms with Crippen LogP contribution in [0.4, 0.5) is 0 Å². The van der Waals surface area contributed by atoms with E-state index in [0.29, 0.717) is 16.1 Å². The molecule has 1 amide bonds. The van der Waals surface area contributed by atoms with Gasteiger partial charge in [-0.05, 0) is 42.7 Å². The highest BCUT2D eigenvalue weighted by Crippen LogP contribution is 2.26. The molecule has 1 aliphatic heterocycles. The third-order valence-electron chi connectivity index (χ3n) is 5.45. The van der Waals surface area contributed by atoms with Crippen LogP contribution in [0, 0.1) is 0 Å². The summed E-state index contributed by atoms with van der Waals surface area (Å²) in [5.74, 6) is 0.139. The molecule has 0 spiro atoms. The number of carbonyl (C=O) groups excluding carboxylic acids is 1. The van der Waals surface area contributed by atoms with Gasteiger partial charge in [-0.2, -0.15) is 0 Å². The third-order valence-corrected chi connectivity index (χ3v) is 6.58. The van der Waals surface area contributed by atoms with Crippen molar-refractivity contribution in [1.29, 1.82) is 0 Å². The topological polar surface area (TPSA) is 55.2 Å². The second-order valence-electron chi connectivity index (χ2n) is 7.47. The van der Waals surface area contributed by atoms with Crippen molar-refractivity contribution in [3.8, 4) is 0 Å². The molecule has 146 valence electrons. The van der Waals surface area contributed by atoms with Gasteiger partial charge in [-0.3, -0.25) is 14.2 Å². The molecule has 2 heterocycles. The van der Waals surface area contributed by atoms with Gasteiger partial charge in [-0.25, -0.2) is 4.98 Å². The quantitative estimate of drug-likeness (QED) is 0.383. The minimum absolute atomic E-state index is 0.0762. The summed E-state index contributed by atoms with van der Waals surface area (Å²) in [6.45, 7) is 3.58. The summed E-state index contributed by atoms with van der Waals surface area (Å²) in [4.78, 5) is 32.5. The van der Waals surface area contributed by atoms with E-state index in [2.05, 4.69) is 0 Å². The largest absolute Gasteiger partial charge is 0.342 e. The van der Waals surface area contributed by atoms with Crippen LogP contribution >= 0.6 is 11.8 Å². The van der Waals surface area contributed by atoms with Crippen molar-refractivity contribution in [1.82, 2.24) is 14.5 Å². The maximum absolute atomic E-state index is 12.9. The first-order valence-electron chi connectivity index (χ1n) is 9.89. The number of hydrogen-bond donors (Lipinski definition) is 0. The number of rotatable bonds is 3. The summed E-state index contributed by atoms with van der Waals surface area (Å²) >= 11 is 1.37. The van der Waals surface area contributed by atoms with E-state index in [1.54, 1.807) is 11.6 Å². The fraction of sp³-hybridized carbons (Fsp3) is 0.409.